The summed E-state index contributed by atoms with van der Waals surface area (Å²) in [5.41, 5.74) is 4.60. The predicted octanol–water partition coefficient (Wildman–Crippen LogP) is -0.185. The van der Waals surface area contributed by atoms with E-state index >= 15 is 0 Å². The zero-order valence-corrected chi connectivity index (χ0v) is 5.92. The number of unbranched alkanes of at least 4 members (excludes halogenated alkanes) is 1. The molecule has 0 aromatic heterocycles. The standard InChI is InChI=1S/C6H11NO3/c1-2-3-4-10-6(9)5(7)8/h2-4H2,1H3,(H2,7,8). The van der Waals surface area contributed by atoms with E-state index in [-0.39, 0.29) is 6.61 Å². The van der Waals surface area contributed by atoms with Gasteiger partial charge in [-0.1, -0.05) is 13.3 Å². The number of hydrogen-bond donors (Lipinski definition) is 1. The molecular weight excluding hydrogens is 134 g/mol. The highest BCUT2D eigenvalue weighted by Crippen LogP contribution is 1.87. The van der Waals surface area contributed by atoms with Crippen LogP contribution in [0.1, 0.15) is 19.8 Å². The molecule has 4 heteroatoms. The van der Waals surface area contributed by atoms with Crippen LogP contribution in [0, 0.1) is 0 Å². The second-order valence-electron chi connectivity index (χ2n) is 1.85. The fourth-order valence-electron chi connectivity index (χ4n) is 0.380. The van der Waals surface area contributed by atoms with Gasteiger partial charge in [-0.15, -0.1) is 0 Å². The third-order valence-corrected chi connectivity index (χ3v) is 0.932. The molecule has 0 rings (SSSR count). The first-order chi connectivity index (χ1) is 4.68. The van der Waals surface area contributed by atoms with Crippen LogP contribution < -0.4 is 5.73 Å². The Morgan fingerprint density at radius 2 is 2.10 bits per heavy atom. The van der Waals surface area contributed by atoms with Crippen LogP contribution in [0.2, 0.25) is 0 Å². The van der Waals surface area contributed by atoms with Crippen molar-refractivity contribution in [2.24, 2.45) is 5.73 Å². The number of nitrogens with two attached hydrogens (primary N) is 1. The Balaban J connectivity index is 3.31. The Morgan fingerprint density at radius 1 is 1.50 bits per heavy atom. The Hall–Kier alpha value is -1.06. The van der Waals surface area contributed by atoms with E-state index in [0.29, 0.717) is 0 Å². The molecule has 0 radical (unpaired) electrons. The normalized spacial score (nSPS) is 8.90. The fraction of sp³-hybridized carbons (Fsp3) is 0.667. The molecule has 0 saturated carbocycles. The lowest BCUT2D eigenvalue weighted by Crippen LogP contribution is -2.25. The summed E-state index contributed by atoms with van der Waals surface area (Å²) in [5, 5.41) is 0. The number of carbonyl (C=O) groups excluding carboxylic acids is 2. The quantitative estimate of drug-likeness (QED) is 0.340. The van der Waals surface area contributed by atoms with Crippen molar-refractivity contribution in [3.63, 3.8) is 0 Å². The summed E-state index contributed by atoms with van der Waals surface area (Å²) in [6.45, 7) is 2.23. The van der Waals surface area contributed by atoms with Gasteiger partial charge in [0.1, 0.15) is 0 Å². The molecule has 0 spiro atoms. The molecule has 1 amide bonds. The molecule has 2 N–H and O–H groups in total. The minimum atomic E-state index is -1.03. The van der Waals surface area contributed by atoms with Crippen molar-refractivity contribution in [1.29, 1.82) is 0 Å². The van der Waals surface area contributed by atoms with E-state index < -0.39 is 11.9 Å². The van der Waals surface area contributed by atoms with E-state index in [4.69, 9.17) is 0 Å². The molecule has 0 aromatic carbocycles. The van der Waals surface area contributed by atoms with Crippen LogP contribution in [0.5, 0.6) is 0 Å². The number of amides is 1. The van der Waals surface area contributed by atoms with Crippen molar-refractivity contribution in [3.05, 3.63) is 0 Å². The topological polar surface area (TPSA) is 69.4 Å². The summed E-state index contributed by atoms with van der Waals surface area (Å²) in [6.07, 6.45) is 1.69. The molecule has 0 atom stereocenters. The average Bonchev–Trinajstić information content (AvgIpc) is 1.88. The number of ether oxygens (including phenoxy) is 1. The van der Waals surface area contributed by atoms with E-state index in [1.54, 1.807) is 0 Å². The lowest BCUT2D eigenvalue weighted by atomic mass is 10.4. The van der Waals surface area contributed by atoms with Crippen molar-refractivity contribution in [1.82, 2.24) is 0 Å². The summed E-state index contributed by atoms with van der Waals surface area (Å²) in [5.74, 6) is -1.98. The van der Waals surface area contributed by atoms with E-state index in [1.165, 1.54) is 0 Å². The lowest BCUT2D eigenvalue weighted by Gasteiger charge is -1.98. The second-order valence-corrected chi connectivity index (χ2v) is 1.85. The number of primary amides is 1. The molecule has 0 saturated heterocycles. The molecule has 10 heavy (non-hydrogen) atoms. The number of rotatable bonds is 3. The van der Waals surface area contributed by atoms with Crippen molar-refractivity contribution >= 4 is 11.9 Å². The largest absolute Gasteiger partial charge is 0.459 e. The predicted molar refractivity (Wildman–Crippen MR) is 35.1 cm³/mol. The SMILES string of the molecule is CCCCOC(=O)C(N)=O. The van der Waals surface area contributed by atoms with Gasteiger partial charge < -0.3 is 10.5 Å². The smallest absolute Gasteiger partial charge is 0.396 e. The Kier molecular flexibility index (Phi) is 4.28. The summed E-state index contributed by atoms with van der Waals surface area (Å²) in [4.78, 5) is 20.4. The maximum Gasteiger partial charge on any atom is 0.396 e. The van der Waals surface area contributed by atoms with E-state index in [2.05, 4.69) is 10.5 Å². The van der Waals surface area contributed by atoms with Crippen LogP contribution in [0.3, 0.4) is 0 Å². The molecule has 0 heterocycles. The summed E-state index contributed by atoms with van der Waals surface area (Å²) in [7, 11) is 0. The van der Waals surface area contributed by atoms with Crippen molar-refractivity contribution in [2.75, 3.05) is 6.61 Å². The minimum Gasteiger partial charge on any atom is -0.459 e. The number of carbonyl (C=O) groups is 2. The Labute approximate surface area is 59.3 Å². The molecule has 0 bridgehead atoms. The first kappa shape index (κ1) is 8.94. The first-order valence-electron chi connectivity index (χ1n) is 3.15. The van der Waals surface area contributed by atoms with Crippen molar-refractivity contribution in [3.8, 4) is 0 Å². The maximum absolute atomic E-state index is 10.3. The molecule has 4 nitrogen and oxygen atoms in total. The van der Waals surface area contributed by atoms with Crippen LogP contribution in [-0.2, 0) is 14.3 Å². The molecular formula is C6H11NO3. The van der Waals surface area contributed by atoms with Crippen molar-refractivity contribution in [2.45, 2.75) is 19.8 Å². The van der Waals surface area contributed by atoms with Gasteiger partial charge in [0.05, 0.1) is 6.61 Å². The lowest BCUT2D eigenvalue weighted by molar-refractivity contribution is -0.153. The van der Waals surface area contributed by atoms with E-state index in [0.717, 1.165) is 12.8 Å². The molecule has 0 aliphatic rings. The molecule has 0 aliphatic heterocycles. The zero-order chi connectivity index (χ0) is 7.98. The molecule has 0 fully saturated rings. The van der Waals surface area contributed by atoms with Gasteiger partial charge >= 0.3 is 11.9 Å². The van der Waals surface area contributed by atoms with E-state index in [9.17, 15) is 9.59 Å². The molecule has 58 valence electrons. The van der Waals surface area contributed by atoms with Gasteiger partial charge in [0.2, 0.25) is 0 Å². The summed E-state index contributed by atoms with van der Waals surface area (Å²) >= 11 is 0. The molecule has 0 aliphatic carbocycles. The number of esters is 1. The Morgan fingerprint density at radius 3 is 2.50 bits per heavy atom. The van der Waals surface area contributed by atoms with Crippen LogP contribution in [0.25, 0.3) is 0 Å². The molecule has 0 aromatic rings. The van der Waals surface area contributed by atoms with Gasteiger partial charge in [0, 0.05) is 0 Å². The van der Waals surface area contributed by atoms with Crippen LogP contribution in [0.15, 0.2) is 0 Å². The highest BCUT2D eigenvalue weighted by Gasteiger charge is 2.08. The van der Waals surface area contributed by atoms with Crippen molar-refractivity contribution < 1.29 is 14.3 Å². The third kappa shape index (κ3) is 3.88. The highest BCUT2D eigenvalue weighted by molar-refractivity contribution is 6.31. The van der Waals surface area contributed by atoms with Gasteiger partial charge in [-0.25, -0.2) is 4.79 Å². The highest BCUT2D eigenvalue weighted by atomic mass is 16.5. The van der Waals surface area contributed by atoms with Crippen LogP contribution >= 0.6 is 0 Å². The van der Waals surface area contributed by atoms with Gasteiger partial charge in [-0.05, 0) is 6.42 Å². The Bertz CT molecular complexity index is 133. The second kappa shape index (κ2) is 4.78. The summed E-state index contributed by atoms with van der Waals surface area (Å²) < 4.78 is 4.43. The van der Waals surface area contributed by atoms with Crippen LogP contribution in [-0.4, -0.2) is 18.5 Å². The van der Waals surface area contributed by atoms with Gasteiger partial charge in [0.15, 0.2) is 0 Å². The van der Waals surface area contributed by atoms with Gasteiger partial charge in [-0.3, -0.25) is 4.79 Å². The van der Waals surface area contributed by atoms with Gasteiger partial charge in [-0.2, -0.15) is 0 Å². The van der Waals surface area contributed by atoms with Gasteiger partial charge in [0.25, 0.3) is 0 Å². The zero-order valence-electron chi connectivity index (χ0n) is 5.92. The molecule has 0 unspecified atom stereocenters. The summed E-state index contributed by atoms with van der Waals surface area (Å²) in [6, 6.07) is 0. The minimum absolute atomic E-state index is 0.276. The third-order valence-electron chi connectivity index (χ3n) is 0.932. The fourth-order valence-corrected chi connectivity index (χ4v) is 0.380. The number of hydrogen-bond acceptors (Lipinski definition) is 3. The monoisotopic (exact) mass is 145 g/mol. The van der Waals surface area contributed by atoms with Crippen LogP contribution in [0.4, 0.5) is 0 Å². The maximum atomic E-state index is 10.3. The first-order valence-corrected chi connectivity index (χ1v) is 3.15. The average molecular weight is 145 g/mol. The van der Waals surface area contributed by atoms with E-state index in [1.807, 2.05) is 6.92 Å².